The second kappa shape index (κ2) is 13.4. The van der Waals surface area contributed by atoms with E-state index in [1.807, 2.05) is 0 Å². The molecule has 0 bridgehead atoms. The predicted octanol–water partition coefficient (Wildman–Crippen LogP) is 4.36. The molecule has 0 aliphatic heterocycles. The first-order chi connectivity index (χ1) is 8.70. The fraction of sp³-hybridized carbons (Fsp3) is 1.00. The summed E-state index contributed by atoms with van der Waals surface area (Å²) in [6.07, 6.45) is 15.3. The van der Waals surface area contributed by atoms with E-state index in [0.29, 0.717) is 12.1 Å². The summed E-state index contributed by atoms with van der Waals surface area (Å²) >= 11 is 0. The summed E-state index contributed by atoms with van der Waals surface area (Å²) < 4.78 is 0. The Morgan fingerprint density at radius 1 is 0.556 bits per heavy atom. The average molecular weight is 256 g/mol. The maximum Gasteiger partial charge on any atom is 0.00394 e. The predicted molar refractivity (Wildman–Crippen MR) is 82.7 cm³/mol. The topological polar surface area (TPSA) is 52.0 Å². The van der Waals surface area contributed by atoms with E-state index in [0.717, 1.165) is 19.3 Å². The first-order valence-electron chi connectivity index (χ1n) is 8.21. The molecular weight excluding hydrogens is 220 g/mol. The van der Waals surface area contributed by atoms with Gasteiger partial charge in [-0.15, -0.1) is 0 Å². The molecule has 2 atom stereocenters. The maximum absolute atomic E-state index is 6.13. The highest BCUT2D eigenvalue weighted by molar-refractivity contribution is 4.67. The second-order valence-electron chi connectivity index (χ2n) is 5.80. The Labute approximate surface area is 115 Å². The first kappa shape index (κ1) is 17.9. The number of nitrogens with two attached hydrogens (primary N) is 2. The summed E-state index contributed by atoms with van der Waals surface area (Å²) in [6.45, 7) is 4.46. The van der Waals surface area contributed by atoms with Gasteiger partial charge in [-0.25, -0.2) is 0 Å². The third-order valence-corrected chi connectivity index (χ3v) is 3.75. The van der Waals surface area contributed by atoms with Gasteiger partial charge in [0.2, 0.25) is 0 Å². The van der Waals surface area contributed by atoms with Crippen LogP contribution in [0, 0.1) is 0 Å². The zero-order chi connectivity index (χ0) is 13.6. The molecule has 0 saturated carbocycles. The van der Waals surface area contributed by atoms with Crippen LogP contribution < -0.4 is 11.5 Å². The highest BCUT2D eigenvalue weighted by Crippen LogP contribution is 2.12. The average Bonchev–Trinajstić information content (AvgIpc) is 2.35. The fourth-order valence-electron chi connectivity index (χ4n) is 2.45. The molecule has 0 aliphatic carbocycles. The van der Waals surface area contributed by atoms with Crippen LogP contribution in [0.4, 0.5) is 0 Å². The third-order valence-electron chi connectivity index (χ3n) is 3.75. The van der Waals surface area contributed by atoms with Crippen LogP contribution >= 0.6 is 0 Å². The van der Waals surface area contributed by atoms with Gasteiger partial charge >= 0.3 is 0 Å². The van der Waals surface area contributed by atoms with Crippen LogP contribution in [0.25, 0.3) is 0 Å². The van der Waals surface area contributed by atoms with Crippen molar-refractivity contribution in [2.24, 2.45) is 11.5 Å². The molecule has 18 heavy (non-hydrogen) atoms. The second-order valence-corrected chi connectivity index (χ2v) is 5.80. The third kappa shape index (κ3) is 12.4. The van der Waals surface area contributed by atoms with Crippen LogP contribution in [0.5, 0.6) is 0 Å². The fourth-order valence-corrected chi connectivity index (χ4v) is 2.45. The van der Waals surface area contributed by atoms with Crippen molar-refractivity contribution in [2.45, 2.75) is 103 Å². The van der Waals surface area contributed by atoms with Gasteiger partial charge in [-0.2, -0.15) is 0 Å². The SMILES string of the molecule is CCCCCCCCCC(N)CCC(N)CCC. The van der Waals surface area contributed by atoms with Crippen molar-refractivity contribution in [1.82, 2.24) is 0 Å². The van der Waals surface area contributed by atoms with Crippen LogP contribution in [0.3, 0.4) is 0 Å². The molecular formula is C16H36N2. The smallest absolute Gasteiger partial charge is 0.00394 e. The molecule has 0 rings (SSSR count). The Hall–Kier alpha value is -0.0800. The molecule has 0 aromatic rings. The van der Waals surface area contributed by atoms with E-state index in [-0.39, 0.29) is 0 Å². The molecule has 0 fully saturated rings. The molecule has 0 aromatic heterocycles. The summed E-state index contributed by atoms with van der Waals surface area (Å²) in [5.41, 5.74) is 12.1. The van der Waals surface area contributed by atoms with Crippen molar-refractivity contribution in [2.75, 3.05) is 0 Å². The van der Waals surface area contributed by atoms with Gasteiger partial charge in [0.1, 0.15) is 0 Å². The van der Waals surface area contributed by atoms with E-state index >= 15 is 0 Å². The molecule has 0 amide bonds. The molecule has 0 heterocycles. The van der Waals surface area contributed by atoms with Crippen molar-refractivity contribution in [1.29, 1.82) is 0 Å². The van der Waals surface area contributed by atoms with Crippen LogP contribution in [0.1, 0.15) is 90.9 Å². The van der Waals surface area contributed by atoms with E-state index in [9.17, 15) is 0 Å². The Morgan fingerprint density at radius 2 is 1.06 bits per heavy atom. The van der Waals surface area contributed by atoms with Crippen molar-refractivity contribution in [3.8, 4) is 0 Å². The molecule has 0 aliphatic rings. The zero-order valence-electron chi connectivity index (χ0n) is 12.8. The largest absolute Gasteiger partial charge is 0.328 e. The lowest BCUT2D eigenvalue weighted by Crippen LogP contribution is -2.26. The monoisotopic (exact) mass is 256 g/mol. The minimum Gasteiger partial charge on any atom is -0.328 e. The normalized spacial score (nSPS) is 14.7. The Kier molecular flexibility index (Phi) is 13.3. The van der Waals surface area contributed by atoms with Crippen LogP contribution in [-0.2, 0) is 0 Å². The highest BCUT2D eigenvalue weighted by Gasteiger charge is 2.06. The quantitative estimate of drug-likeness (QED) is 0.481. The van der Waals surface area contributed by atoms with Crippen molar-refractivity contribution in [3.05, 3.63) is 0 Å². The van der Waals surface area contributed by atoms with Crippen molar-refractivity contribution < 1.29 is 0 Å². The maximum atomic E-state index is 6.13. The molecule has 2 unspecified atom stereocenters. The Balaban J connectivity index is 3.23. The minimum absolute atomic E-state index is 0.370. The van der Waals surface area contributed by atoms with E-state index in [1.54, 1.807) is 0 Å². The number of hydrogen-bond donors (Lipinski definition) is 2. The van der Waals surface area contributed by atoms with Gasteiger partial charge in [0.15, 0.2) is 0 Å². The van der Waals surface area contributed by atoms with Gasteiger partial charge in [0.05, 0.1) is 0 Å². The zero-order valence-corrected chi connectivity index (χ0v) is 12.8. The lowest BCUT2D eigenvalue weighted by Gasteiger charge is -2.15. The molecule has 0 aromatic carbocycles. The lowest BCUT2D eigenvalue weighted by molar-refractivity contribution is 0.459. The summed E-state index contributed by atoms with van der Waals surface area (Å²) in [7, 11) is 0. The summed E-state index contributed by atoms with van der Waals surface area (Å²) in [6, 6.07) is 0.749. The van der Waals surface area contributed by atoms with Crippen LogP contribution in [-0.4, -0.2) is 12.1 Å². The van der Waals surface area contributed by atoms with E-state index in [1.165, 1.54) is 57.8 Å². The molecule has 110 valence electrons. The van der Waals surface area contributed by atoms with Gasteiger partial charge in [0, 0.05) is 12.1 Å². The summed E-state index contributed by atoms with van der Waals surface area (Å²) in [5, 5.41) is 0. The molecule has 0 spiro atoms. The highest BCUT2D eigenvalue weighted by atomic mass is 14.7. The molecule has 0 radical (unpaired) electrons. The molecule has 0 saturated heterocycles. The summed E-state index contributed by atoms with van der Waals surface area (Å²) in [5.74, 6) is 0. The van der Waals surface area contributed by atoms with Gasteiger partial charge in [-0.3, -0.25) is 0 Å². The summed E-state index contributed by atoms with van der Waals surface area (Å²) in [4.78, 5) is 0. The minimum atomic E-state index is 0.370. The molecule has 4 N–H and O–H groups in total. The number of unbranched alkanes of at least 4 members (excludes halogenated alkanes) is 6. The van der Waals surface area contributed by atoms with Crippen LogP contribution in [0.15, 0.2) is 0 Å². The standard InChI is InChI=1S/C16H36N2/c1-3-5-6-7-8-9-10-12-16(18)14-13-15(17)11-4-2/h15-16H,3-14,17-18H2,1-2H3. The van der Waals surface area contributed by atoms with E-state index in [2.05, 4.69) is 13.8 Å². The van der Waals surface area contributed by atoms with E-state index in [4.69, 9.17) is 11.5 Å². The number of rotatable bonds is 13. The van der Waals surface area contributed by atoms with Crippen molar-refractivity contribution >= 4 is 0 Å². The van der Waals surface area contributed by atoms with E-state index < -0.39 is 0 Å². The molecule has 2 nitrogen and oxygen atoms in total. The van der Waals surface area contributed by atoms with Gasteiger partial charge in [-0.05, 0) is 25.7 Å². The first-order valence-corrected chi connectivity index (χ1v) is 8.21. The molecule has 2 heteroatoms. The van der Waals surface area contributed by atoms with Crippen LogP contribution in [0.2, 0.25) is 0 Å². The van der Waals surface area contributed by atoms with Gasteiger partial charge < -0.3 is 11.5 Å². The Bertz CT molecular complexity index is 159. The Morgan fingerprint density at radius 3 is 1.61 bits per heavy atom. The number of hydrogen-bond acceptors (Lipinski definition) is 2. The lowest BCUT2D eigenvalue weighted by atomic mass is 9.99. The van der Waals surface area contributed by atoms with Gasteiger partial charge in [0.25, 0.3) is 0 Å². The van der Waals surface area contributed by atoms with Crippen molar-refractivity contribution in [3.63, 3.8) is 0 Å². The van der Waals surface area contributed by atoms with Gasteiger partial charge in [-0.1, -0.05) is 65.2 Å².